The standard InChI is InChI=1S/C26H21N3O5/c1-33-25-14-18(16-27-28-26(30)20-8-5-10-22(15-20)29(31)32)12-13-24(25)34-17-21-9-4-7-19-6-2-3-11-23(19)21/h2-16H,17H2,1H3,(H,28,30)/b27-16-. The van der Waals surface area contributed by atoms with Crippen LogP contribution in [0, 0.1) is 10.1 Å². The number of nitro groups is 1. The Labute approximate surface area is 195 Å². The van der Waals surface area contributed by atoms with Gasteiger partial charge in [-0.1, -0.05) is 48.5 Å². The first-order chi connectivity index (χ1) is 16.5. The van der Waals surface area contributed by atoms with Gasteiger partial charge in [-0.25, -0.2) is 5.43 Å². The summed E-state index contributed by atoms with van der Waals surface area (Å²) in [5.41, 5.74) is 4.08. The summed E-state index contributed by atoms with van der Waals surface area (Å²) in [6.07, 6.45) is 1.45. The monoisotopic (exact) mass is 455 g/mol. The molecule has 0 radical (unpaired) electrons. The Kier molecular flexibility index (Phi) is 6.78. The van der Waals surface area contributed by atoms with Crippen molar-refractivity contribution in [2.24, 2.45) is 5.10 Å². The van der Waals surface area contributed by atoms with E-state index < -0.39 is 10.8 Å². The van der Waals surface area contributed by atoms with E-state index in [4.69, 9.17) is 9.47 Å². The zero-order chi connectivity index (χ0) is 23.9. The molecule has 0 bridgehead atoms. The Morgan fingerprint density at radius 3 is 2.62 bits per heavy atom. The van der Waals surface area contributed by atoms with Crippen LogP contribution in [0.25, 0.3) is 10.8 Å². The van der Waals surface area contributed by atoms with Crippen LogP contribution >= 0.6 is 0 Å². The first-order valence-electron chi connectivity index (χ1n) is 10.4. The maximum atomic E-state index is 12.2. The van der Waals surface area contributed by atoms with Gasteiger partial charge in [-0.15, -0.1) is 0 Å². The molecular weight excluding hydrogens is 434 g/mol. The van der Waals surface area contributed by atoms with Crippen LogP contribution in [0.5, 0.6) is 11.5 Å². The van der Waals surface area contributed by atoms with Crippen LogP contribution in [0.1, 0.15) is 21.5 Å². The molecular formula is C26H21N3O5. The van der Waals surface area contributed by atoms with E-state index in [1.54, 1.807) is 25.3 Å². The average Bonchev–Trinajstić information content (AvgIpc) is 2.87. The fraction of sp³-hybridized carbons (Fsp3) is 0.0769. The predicted octanol–water partition coefficient (Wildman–Crippen LogP) is 5.10. The van der Waals surface area contributed by atoms with Gasteiger partial charge in [0.15, 0.2) is 11.5 Å². The number of hydrogen-bond acceptors (Lipinski definition) is 6. The molecule has 0 spiro atoms. The third-order valence-electron chi connectivity index (χ3n) is 5.15. The highest BCUT2D eigenvalue weighted by Crippen LogP contribution is 2.29. The molecule has 8 nitrogen and oxygen atoms in total. The fourth-order valence-corrected chi connectivity index (χ4v) is 3.45. The van der Waals surface area contributed by atoms with E-state index in [1.807, 2.05) is 24.3 Å². The molecule has 0 saturated carbocycles. The Morgan fingerprint density at radius 1 is 1.00 bits per heavy atom. The summed E-state index contributed by atoms with van der Waals surface area (Å²) in [5.74, 6) is 0.546. The third kappa shape index (κ3) is 5.18. The Balaban J connectivity index is 1.42. The lowest BCUT2D eigenvalue weighted by molar-refractivity contribution is -0.384. The van der Waals surface area contributed by atoms with Gasteiger partial charge in [-0.05, 0) is 46.2 Å². The summed E-state index contributed by atoms with van der Waals surface area (Å²) in [6, 6.07) is 24.9. The van der Waals surface area contributed by atoms with Gasteiger partial charge in [0.2, 0.25) is 0 Å². The molecule has 8 heteroatoms. The van der Waals surface area contributed by atoms with Crippen LogP contribution in [0.3, 0.4) is 0 Å². The fourth-order valence-electron chi connectivity index (χ4n) is 3.45. The SMILES string of the molecule is COc1cc(/C=N\NC(=O)c2cccc([N+](=O)[O-])c2)ccc1OCc1cccc2ccccc12. The van der Waals surface area contributed by atoms with Crippen LogP contribution < -0.4 is 14.9 Å². The first kappa shape index (κ1) is 22.5. The molecule has 4 aromatic carbocycles. The van der Waals surface area contributed by atoms with Gasteiger partial charge in [-0.2, -0.15) is 5.10 Å². The number of nitro benzene ring substituents is 1. The van der Waals surface area contributed by atoms with E-state index in [0.717, 1.165) is 16.3 Å². The van der Waals surface area contributed by atoms with Gasteiger partial charge in [0.25, 0.3) is 11.6 Å². The van der Waals surface area contributed by atoms with Crippen LogP contribution in [-0.4, -0.2) is 24.2 Å². The molecule has 4 rings (SSSR count). The number of ether oxygens (including phenoxy) is 2. The highest BCUT2D eigenvalue weighted by Gasteiger charge is 2.11. The Bertz CT molecular complexity index is 1380. The number of rotatable bonds is 8. The normalized spacial score (nSPS) is 10.9. The Hall–Kier alpha value is -4.72. The predicted molar refractivity (Wildman–Crippen MR) is 129 cm³/mol. The minimum absolute atomic E-state index is 0.140. The lowest BCUT2D eigenvalue weighted by Gasteiger charge is -2.12. The number of hydrogen-bond donors (Lipinski definition) is 1. The molecule has 0 aromatic heterocycles. The second-order valence-corrected chi connectivity index (χ2v) is 7.34. The minimum atomic E-state index is -0.559. The summed E-state index contributed by atoms with van der Waals surface area (Å²) < 4.78 is 11.5. The second kappa shape index (κ2) is 10.3. The van der Waals surface area contributed by atoms with Crippen molar-refractivity contribution < 1.29 is 19.2 Å². The number of carbonyl (C=O) groups excluding carboxylic acids is 1. The molecule has 0 aliphatic carbocycles. The van der Waals surface area contributed by atoms with Crippen molar-refractivity contribution in [1.82, 2.24) is 5.43 Å². The number of fused-ring (bicyclic) bond motifs is 1. The summed E-state index contributed by atoms with van der Waals surface area (Å²) in [7, 11) is 1.55. The maximum Gasteiger partial charge on any atom is 0.271 e. The minimum Gasteiger partial charge on any atom is -0.493 e. The lowest BCUT2D eigenvalue weighted by atomic mass is 10.1. The van der Waals surface area contributed by atoms with Gasteiger partial charge in [-0.3, -0.25) is 14.9 Å². The van der Waals surface area contributed by atoms with Gasteiger partial charge in [0.05, 0.1) is 18.2 Å². The van der Waals surface area contributed by atoms with Crippen molar-refractivity contribution >= 4 is 28.6 Å². The first-order valence-corrected chi connectivity index (χ1v) is 10.4. The number of benzene rings is 4. The topological polar surface area (TPSA) is 103 Å². The van der Waals surface area contributed by atoms with Crippen molar-refractivity contribution in [2.45, 2.75) is 6.61 Å². The molecule has 34 heavy (non-hydrogen) atoms. The molecule has 0 saturated heterocycles. The molecule has 4 aromatic rings. The highest BCUT2D eigenvalue weighted by atomic mass is 16.6. The molecule has 0 fully saturated rings. The van der Waals surface area contributed by atoms with E-state index in [1.165, 1.54) is 30.5 Å². The number of carbonyl (C=O) groups is 1. The molecule has 0 atom stereocenters. The van der Waals surface area contributed by atoms with Crippen molar-refractivity contribution in [2.75, 3.05) is 7.11 Å². The molecule has 0 aliphatic rings. The summed E-state index contributed by atoms with van der Waals surface area (Å²) >= 11 is 0. The number of non-ortho nitro benzene ring substituents is 1. The average molecular weight is 455 g/mol. The van der Waals surface area contributed by atoms with Crippen LogP contribution in [0.15, 0.2) is 90.0 Å². The van der Waals surface area contributed by atoms with Crippen molar-refractivity contribution in [3.63, 3.8) is 0 Å². The van der Waals surface area contributed by atoms with E-state index >= 15 is 0 Å². The third-order valence-corrected chi connectivity index (χ3v) is 5.15. The maximum absolute atomic E-state index is 12.2. The summed E-state index contributed by atoms with van der Waals surface area (Å²) in [4.78, 5) is 22.5. The molecule has 1 N–H and O–H groups in total. The smallest absolute Gasteiger partial charge is 0.271 e. The van der Waals surface area contributed by atoms with Gasteiger partial charge in [0.1, 0.15) is 6.61 Å². The number of amides is 1. The van der Waals surface area contributed by atoms with Crippen LogP contribution in [-0.2, 0) is 6.61 Å². The zero-order valence-electron chi connectivity index (χ0n) is 18.3. The van der Waals surface area contributed by atoms with E-state index in [0.29, 0.717) is 23.7 Å². The largest absolute Gasteiger partial charge is 0.493 e. The summed E-state index contributed by atoms with van der Waals surface area (Å²) in [5, 5.41) is 17.1. The molecule has 170 valence electrons. The Morgan fingerprint density at radius 2 is 1.79 bits per heavy atom. The van der Waals surface area contributed by atoms with Gasteiger partial charge in [0, 0.05) is 17.7 Å². The molecule has 0 aliphatic heterocycles. The van der Waals surface area contributed by atoms with E-state index in [-0.39, 0.29) is 11.3 Å². The van der Waals surface area contributed by atoms with Crippen LogP contribution in [0.4, 0.5) is 5.69 Å². The number of methoxy groups -OCH3 is 1. The van der Waals surface area contributed by atoms with Gasteiger partial charge >= 0.3 is 0 Å². The zero-order valence-corrected chi connectivity index (χ0v) is 18.3. The summed E-state index contributed by atoms with van der Waals surface area (Å²) in [6.45, 7) is 0.379. The number of nitrogens with one attached hydrogen (secondary N) is 1. The van der Waals surface area contributed by atoms with Crippen molar-refractivity contribution in [3.05, 3.63) is 112 Å². The number of nitrogens with zero attached hydrogens (tertiary/aromatic N) is 2. The molecule has 1 amide bonds. The molecule has 0 heterocycles. The number of hydrazone groups is 1. The lowest BCUT2D eigenvalue weighted by Crippen LogP contribution is -2.17. The van der Waals surface area contributed by atoms with E-state index in [9.17, 15) is 14.9 Å². The second-order valence-electron chi connectivity index (χ2n) is 7.34. The van der Waals surface area contributed by atoms with Crippen molar-refractivity contribution in [1.29, 1.82) is 0 Å². The van der Waals surface area contributed by atoms with Crippen molar-refractivity contribution in [3.8, 4) is 11.5 Å². The van der Waals surface area contributed by atoms with Crippen LogP contribution in [0.2, 0.25) is 0 Å². The van der Waals surface area contributed by atoms with E-state index in [2.05, 4.69) is 28.7 Å². The highest BCUT2D eigenvalue weighted by molar-refractivity contribution is 5.95. The molecule has 0 unspecified atom stereocenters. The quantitative estimate of drug-likeness (QED) is 0.226. The van der Waals surface area contributed by atoms with Gasteiger partial charge < -0.3 is 9.47 Å².